The van der Waals surface area contributed by atoms with Crippen LogP contribution in [0.5, 0.6) is 0 Å². The van der Waals surface area contributed by atoms with Crippen molar-refractivity contribution >= 4 is 11.4 Å². The molecule has 1 aromatic carbocycles. The van der Waals surface area contributed by atoms with Crippen molar-refractivity contribution in [2.75, 3.05) is 11.4 Å². The van der Waals surface area contributed by atoms with Crippen LogP contribution >= 0.6 is 0 Å². The Morgan fingerprint density at radius 1 is 1.14 bits per heavy atom. The molecule has 6 nitrogen and oxygen atoms in total. The highest BCUT2D eigenvalue weighted by molar-refractivity contribution is 5.90. The van der Waals surface area contributed by atoms with Crippen molar-refractivity contribution < 1.29 is 22.7 Å². The number of aryl methyl sites for hydroxylation is 1. The fourth-order valence-corrected chi connectivity index (χ4v) is 7.34. The minimum Gasteiger partial charge on any atom is -0.389 e. The van der Waals surface area contributed by atoms with Crippen LogP contribution in [0.2, 0.25) is 0 Å². The number of rotatable bonds is 3. The van der Waals surface area contributed by atoms with Gasteiger partial charge in [0.15, 0.2) is 11.6 Å². The number of fused-ring (bicyclic) bond motifs is 10. The molecule has 0 saturated carbocycles. The van der Waals surface area contributed by atoms with E-state index in [1.807, 2.05) is 31.6 Å². The van der Waals surface area contributed by atoms with Crippen LogP contribution in [0.3, 0.4) is 0 Å². The van der Waals surface area contributed by atoms with Crippen LogP contribution in [-0.2, 0) is 36.4 Å². The van der Waals surface area contributed by atoms with Gasteiger partial charge in [-0.05, 0) is 62.9 Å². The monoisotopic (exact) mass is 591 g/mol. The summed E-state index contributed by atoms with van der Waals surface area (Å²) in [5, 5.41) is 16.6. The third-order valence-corrected chi connectivity index (χ3v) is 10.0. The van der Waals surface area contributed by atoms with E-state index < -0.39 is 34.0 Å². The summed E-state index contributed by atoms with van der Waals surface area (Å²) in [4.78, 5) is 9.06. The van der Waals surface area contributed by atoms with E-state index in [4.69, 9.17) is 5.10 Å². The molecule has 2 aliphatic heterocycles. The average Bonchev–Trinajstić information content (AvgIpc) is 3.60. The molecular formula is C33H33F4N5O. The largest absolute Gasteiger partial charge is 0.417 e. The van der Waals surface area contributed by atoms with Gasteiger partial charge in [-0.1, -0.05) is 31.2 Å². The quantitative estimate of drug-likeness (QED) is 0.263. The Morgan fingerprint density at radius 3 is 2.58 bits per heavy atom. The second kappa shape index (κ2) is 8.81. The number of anilines is 1. The van der Waals surface area contributed by atoms with E-state index in [2.05, 4.69) is 54.2 Å². The van der Waals surface area contributed by atoms with Gasteiger partial charge in [0.1, 0.15) is 0 Å². The second-order valence-electron chi connectivity index (χ2n) is 12.8. The molecule has 0 spiro atoms. The molecule has 3 aliphatic rings. The molecule has 224 valence electrons. The summed E-state index contributed by atoms with van der Waals surface area (Å²) in [6.07, 6.45) is 1.36. The first-order valence-electron chi connectivity index (χ1n) is 14.6. The maximum absolute atomic E-state index is 15.1. The van der Waals surface area contributed by atoms with Gasteiger partial charge in [-0.3, -0.25) is 0 Å². The zero-order valence-corrected chi connectivity index (χ0v) is 24.7. The predicted molar refractivity (Wildman–Crippen MR) is 156 cm³/mol. The first-order valence-corrected chi connectivity index (χ1v) is 14.6. The SMILES string of the molecule is CCc1cccc2c1-n1nc3c(c1C1(C)C2=CC(C)(C(C)(C)O)c2[nH]ccc21)CN(c1ncc(C(F)(F)F)cc1F)CC3. The fourth-order valence-electron chi connectivity index (χ4n) is 7.34. The van der Waals surface area contributed by atoms with Gasteiger partial charge in [-0.25, -0.2) is 14.1 Å². The van der Waals surface area contributed by atoms with Gasteiger partial charge in [0, 0.05) is 48.7 Å². The molecule has 1 aliphatic carbocycles. The molecule has 7 rings (SSSR count). The lowest BCUT2D eigenvalue weighted by atomic mass is 9.57. The lowest BCUT2D eigenvalue weighted by molar-refractivity contribution is -0.138. The Bertz CT molecular complexity index is 1830. The van der Waals surface area contributed by atoms with Crippen LogP contribution in [-0.4, -0.2) is 37.0 Å². The van der Waals surface area contributed by atoms with E-state index in [1.54, 1.807) is 4.90 Å². The maximum atomic E-state index is 15.1. The van der Waals surface area contributed by atoms with Crippen molar-refractivity contribution in [2.24, 2.45) is 0 Å². The lowest BCUT2D eigenvalue weighted by Gasteiger charge is -2.49. The van der Waals surface area contributed by atoms with Crippen molar-refractivity contribution in [2.45, 2.75) is 76.6 Å². The maximum Gasteiger partial charge on any atom is 0.417 e. The molecule has 2 N–H and O–H groups in total. The number of hydrogen-bond acceptors (Lipinski definition) is 4. The molecule has 4 aromatic rings. The first-order chi connectivity index (χ1) is 20.2. The van der Waals surface area contributed by atoms with E-state index >= 15 is 4.39 Å². The normalized spacial score (nSPS) is 22.7. The van der Waals surface area contributed by atoms with Gasteiger partial charge in [0.2, 0.25) is 0 Å². The number of para-hydroxylation sites is 1. The number of nitrogens with one attached hydrogen (secondary N) is 1. The number of nitrogens with zero attached hydrogens (tertiary/aromatic N) is 4. The third kappa shape index (κ3) is 3.68. The number of benzene rings is 1. The second-order valence-corrected chi connectivity index (χ2v) is 12.8. The lowest BCUT2D eigenvalue weighted by Crippen LogP contribution is -2.50. The Morgan fingerprint density at radius 2 is 1.91 bits per heavy atom. The van der Waals surface area contributed by atoms with Crippen LogP contribution in [0.4, 0.5) is 23.4 Å². The summed E-state index contributed by atoms with van der Waals surface area (Å²) in [5.41, 5.74) is 5.24. The van der Waals surface area contributed by atoms with Crippen LogP contribution in [0.1, 0.15) is 79.5 Å². The molecule has 0 amide bonds. The molecule has 0 radical (unpaired) electrons. The summed E-state index contributed by atoms with van der Waals surface area (Å²) in [6, 6.07) is 8.84. The molecule has 5 heterocycles. The molecule has 10 heteroatoms. The zero-order valence-electron chi connectivity index (χ0n) is 24.7. The van der Waals surface area contributed by atoms with Crippen molar-refractivity contribution in [1.82, 2.24) is 19.7 Å². The highest BCUT2D eigenvalue weighted by Crippen LogP contribution is 2.59. The molecule has 0 bridgehead atoms. The molecule has 2 atom stereocenters. The minimum absolute atomic E-state index is 0.106. The van der Waals surface area contributed by atoms with E-state index in [0.29, 0.717) is 25.2 Å². The fraction of sp³-hybridized carbons (Fsp3) is 0.394. The van der Waals surface area contributed by atoms with Gasteiger partial charge in [0.05, 0.1) is 39.1 Å². The highest BCUT2D eigenvalue weighted by atomic mass is 19.4. The summed E-state index contributed by atoms with van der Waals surface area (Å²) < 4.78 is 56.9. The average molecular weight is 592 g/mol. The van der Waals surface area contributed by atoms with E-state index in [0.717, 1.165) is 57.0 Å². The van der Waals surface area contributed by atoms with Crippen LogP contribution in [0.15, 0.2) is 48.8 Å². The van der Waals surface area contributed by atoms with E-state index in [9.17, 15) is 18.3 Å². The third-order valence-electron chi connectivity index (χ3n) is 10.0. The minimum atomic E-state index is -4.68. The molecule has 43 heavy (non-hydrogen) atoms. The topological polar surface area (TPSA) is 70.0 Å². The van der Waals surface area contributed by atoms with Crippen molar-refractivity contribution in [3.05, 3.63) is 99.5 Å². The van der Waals surface area contributed by atoms with Gasteiger partial charge in [-0.15, -0.1) is 0 Å². The Balaban J connectivity index is 1.47. The number of allylic oxidation sites excluding steroid dienone is 1. The van der Waals surface area contributed by atoms with Gasteiger partial charge < -0.3 is 15.0 Å². The number of aromatic amines is 1. The summed E-state index contributed by atoms with van der Waals surface area (Å²) >= 11 is 0. The predicted octanol–water partition coefficient (Wildman–Crippen LogP) is 6.62. The number of alkyl halides is 3. The zero-order chi connectivity index (χ0) is 30.7. The smallest absolute Gasteiger partial charge is 0.389 e. The van der Waals surface area contributed by atoms with E-state index in [-0.39, 0.29) is 12.4 Å². The van der Waals surface area contributed by atoms with Crippen molar-refractivity contribution in [1.29, 1.82) is 0 Å². The molecule has 2 unspecified atom stereocenters. The highest BCUT2D eigenvalue weighted by Gasteiger charge is 2.55. The summed E-state index contributed by atoms with van der Waals surface area (Å²) in [6.45, 7) is 10.6. The Kier molecular flexibility index (Phi) is 5.71. The van der Waals surface area contributed by atoms with Crippen LogP contribution in [0, 0.1) is 5.82 Å². The summed E-state index contributed by atoms with van der Waals surface area (Å²) in [7, 11) is 0. The van der Waals surface area contributed by atoms with Gasteiger partial charge in [0.25, 0.3) is 0 Å². The number of pyridine rings is 1. The van der Waals surface area contributed by atoms with Gasteiger partial charge in [-0.2, -0.15) is 18.3 Å². The summed E-state index contributed by atoms with van der Waals surface area (Å²) in [5.74, 6) is -1.11. The van der Waals surface area contributed by atoms with Gasteiger partial charge >= 0.3 is 6.18 Å². The van der Waals surface area contributed by atoms with Crippen LogP contribution < -0.4 is 4.90 Å². The van der Waals surface area contributed by atoms with Crippen LogP contribution in [0.25, 0.3) is 11.3 Å². The molecule has 3 aromatic heterocycles. The molecule has 0 saturated heterocycles. The number of H-pyrrole nitrogens is 1. The first kappa shape index (κ1) is 27.9. The Hall–Kier alpha value is -3.92. The standard InChI is InChI=1S/C33H33F4N5O/c1-6-18-8-7-9-20-23-15-31(4,30(2,3)43)27-22(10-12-38-27)32(23,5)28-21-17-41(13-11-25(21)40-42(28)26(18)20)29-24(34)14-19(16-39-29)33(35,36)37/h7-10,12,14-16,38,43H,6,11,13,17H2,1-5H3. The molecular weight excluding hydrogens is 558 g/mol. The number of hydrogen-bond donors (Lipinski definition) is 2. The number of aromatic nitrogens is 4. The number of aliphatic hydroxyl groups is 1. The molecule has 0 fully saturated rings. The van der Waals surface area contributed by atoms with E-state index in [1.165, 1.54) is 0 Å². The number of halogens is 4. The van der Waals surface area contributed by atoms with Crippen molar-refractivity contribution in [3.8, 4) is 5.69 Å². The van der Waals surface area contributed by atoms with Crippen molar-refractivity contribution in [3.63, 3.8) is 0 Å². The Labute approximate surface area is 247 Å².